The smallest absolute Gasteiger partial charge is 0.226 e. The van der Waals surface area contributed by atoms with Crippen molar-refractivity contribution in [2.24, 2.45) is 0 Å². The molecule has 0 radical (unpaired) electrons. The number of halogens is 2. The molecule has 0 aliphatic carbocycles. The molecule has 0 bridgehead atoms. The molecule has 0 spiro atoms. The van der Waals surface area contributed by atoms with E-state index in [9.17, 15) is 4.79 Å². The number of rotatable bonds is 6. The van der Waals surface area contributed by atoms with Crippen LogP contribution in [0.15, 0.2) is 66.9 Å². The molecule has 1 amide bonds. The van der Waals surface area contributed by atoms with Gasteiger partial charge in [0.2, 0.25) is 5.91 Å². The molecular weight excluding hydrogens is 433 g/mol. The van der Waals surface area contributed by atoms with Gasteiger partial charge in [0, 0.05) is 37.9 Å². The summed E-state index contributed by atoms with van der Waals surface area (Å²) in [7, 11) is 0. The van der Waals surface area contributed by atoms with E-state index in [0.717, 1.165) is 16.9 Å². The van der Waals surface area contributed by atoms with E-state index in [2.05, 4.69) is 22.0 Å². The van der Waals surface area contributed by atoms with Gasteiger partial charge in [0.1, 0.15) is 11.6 Å². The number of aromatic nitrogens is 1. The highest BCUT2D eigenvalue weighted by Gasteiger charge is 2.23. The molecule has 1 aliphatic heterocycles. The van der Waals surface area contributed by atoms with E-state index < -0.39 is 0 Å². The summed E-state index contributed by atoms with van der Waals surface area (Å²) in [5, 5.41) is 1.04. The van der Waals surface area contributed by atoms with Crippen LogP contribution in [0, 0.1) is 0 Å². The normalized spacial score (nSPS) is 13.9. The summed E-state index contributed by atoms with van der Waals surface area (Å²) in [6.07, 6.45) is 1.92. The van der Waals surface area contributed by atoms with Gasteiger partial charge in [-0.15, -0.1) is 0 Å². The van der Waals surface area contributed by atoms with Crippen LogP contribution < -0.4 is 9.64 Å². The van der Waals surface area contributed by atoms with E-state index >= 15 is 0 Å². The monoisotopic (exact) mass is 455 g/mol. The zero-order valence-corrected chi connectivity index (χ0v) is 18.5. The SMILES string of the molecule is O=C(CCOc1ccccc1-c1ccccc1)N1CCN(c2ncc(Cl)cc2Cl)CC1. The summed E-state index contributed by atoms with van der Waals surface area (Å²) in [5.74, 6) is 1.58. The van der Waals surface area contributed by atoms with Crippen LogP contribution in [0.5, 0.6) is 5.75 Å². The van der Waals surface area contributed by atoms with Crippen LogP contribution >= 0.6 is 23.2 Å². The van der Waals surface area contributed by atoms with Crippen molar-refractivity contribution in [2.45, 2.75) is 6.42 Å². The van der Waals surface area contributed by atoms with Crippen molar-refractivity contribution in [3.8, 4) is 16.9 Å². The van der Waals surface area contributed by atoms with E-state index in [-0.39, 0.29) is 5.91 Å². The van der Waals surface area contributed by atoms with Gasteiger partial charge in [-0.05, 0) is 17.7 Å². The lowest BCUT2D eigenvalue weighted by molar-refractivity contribution is -0.132. The number of ether oxygens (including phenoxy) is 1. The largest absolute Gasteiger partial charge is 0.492 e. The molecule has 0 atom stereocenters. The standard InChI is InChI=1S/C24H23Cl2N3O2/c25-19-16-21(26)24(27-17-19)29-13-11-28(12-14-29)23(30)10-15-31-22-9-5-4-8-20(22)18-6-2-1-3-7-18/h1-9,16-17H,10-15H2. The second-order valence-corrected chi connectivity index (χ2v) is 8.13. The van der Waals surface area contributed by atoms with Crippen molar-refractivity contribution in [2.75, 3.05) is 37.7 Å². The minimum Gasteiger partial charge on any atom is -0.492 e. The van der Waals surface area contributed by atoms with E-state index in [0.29, 0.717) is 55.1 Å². The summed E-state index contributed by atoms with van der Waals surface area (Å²) in [4.78, 5) is 20.9. The van der Waals surface area contributed by atoms with Gasteiger partial charge in [0.25, 0.3) is 0 Å². The van der Waals surface area contributed by atoms with E-state index in [1.807, 2.05) is 47.4 Å². The van der Waals surface area contributed by atoms with Crippen LogP contribution in [0.4, 0.5) is 5.82 Å². The predicted octanol–water partition coefficient (Wildman–Crippen LogP) is 5.17. The molecule has 1 aromatic heterocycles. The maximum absolute atomic E-state index is 12.7. The Morgan fingerprint density at radius 1 is 0.968 bits per heavy atom. The zero-order chi connectivity index (χ0) is 21.6. The molecule has 0 saturated carbocycles. The number of carbonyl (C=O) groups excluding carboxylic acids is 1. The van der Waals surface area contributed by atoms with Gasteiger partial charge in [-0.2, -0.15) is 0 Å². The molecule has 4 rings (SSSR count). The Morgan fingerprint density at radius 2 is 1.68 bits per heavy atom. The molecule has 2 aromatic carbocycles. The number of carbonyl (C=O) groups is 1. The Balaban J connectivity index is 1.29. The van der Waals surface area contributed by atoms with E-state index in [1.165, 1.54) is 0 Å². The van der Waals surface area contributed by atoms with E-state index in [4.69, 9.17) is 27.9 Å². The van der Waals surface area contributed by atoms with Crippen molar-refractivity contribution in [3.63, 3.8) is 0 Å². The molecule has 2 heterocycles. The number of pyridine rings is 1. The first-order chi connectivity index (χ1) is 15.1. The van der Waals surface area contributed by atoms with Gasteiger partial charge >= 0.3 is 0 Å². The van der Waals surface area contributed by atoms with Crippen LogP contribution in [0.25, 0.3) is 11.1 Å². The summed E-state index contributed by atoms with van der Waals surface area (Å²) in [6.45, 7) is 2.95. The summed E-state index contributed by atoms with van der Waals surface area (Å²) >= 11 is 12.2. The van der Waals surface area contributed by atoms with Gasteiger partial charge in [-0.1, -0.05) is 71.7 Å². The number of anilines is 1. The Bertz CT molecular complexity index is 1040. The highest BCUT2D eigenvalue weighted by atomic mass is 35.5. The fourth-order valence-corrected chi connectivity index (χ4v) is 4.16. The molecule has 31 heavy (non-hydrogen) atoms. The van der Waals surface area contributed by atoms with Crippen LogP contribution in [0.2, 0.25) is 10.0 Å². The molecule has 3 aromatic rings. The fraction of sp³-hybridized carbons (Fsp3) is 0.250. The van der Waals surface area contributed by atoms with Gasteiger partial charge in [0.05, 0.1) is 23.1 Å². The first-order valence-corrected chi connectivity index (χ1v) is 11.0. The summed E-state index contributed by atoms with van der Waals surface area (Å²) < 4.78 is 5.97. The number of para-hydroxylation sites is 1. The first-order valence-electron chi connectivity index (χ1n) is 10.2. The van der Waals surface area contributed by atoms with Gasteiger partial charge in [-0.25, -0.2) is 4.98 Å². The second-order valence-electron chi connectivity index (χ2n) is 7.29. The third-order valence-corrected chi connectivity index (χ3v) is 5.75. The Labute approximate surface area is 192 Å². The lowest BCUT2D eigenvalue weighted by atomic mass is 10.1. The lowest BCUT2D eigenvalue weighted by Gasteiger charge is -2.35. The van der Waals surface area contributed by atoms with Crippen LogP contribution in [0.1, 0.15) is 6.42 Å². The van der Waals surface area contributed by atoms with Gasteiger partial charge in [0.15, 0.2) is 0 Å². The predicted molar refractivity (Wildman–Crippen MR) is 125 cm³/mol. The minimum atomic E-state index is 0.0898. The quantitative estimate of drug-likeness (QED) is 0.513. The third kappa shape index (κ3) is 5.30. The maximum Gasteiger partial charge on any atom is 0.226 e. The molecule has 7 heteroatoms. The minimum absolute atomic E-state index is 0.0898. The van der Waals surface area contributed by atoms with Crippen LogP contribution in [0.3, 0.4) is 0 Å². The number of hydrogen-bond acceptors (Lipinski definition) is 4. The molecule has 1 fully saturated rings. The second kappa shape index (κ2) is 10.0. The van der Waals surface area contributed by atoms with Crippen molar-refractivity contribution in [3.05, 3.63) is 76.9 Å². The topological polar surface area (TPSA) is 45.7 Å². The Morgan fingerprint density at radius 3 is 2.42 bits per heavy atom. The highest BCUT2D eigenvalue weighted by Crippen LogP contribution is 2.30. The average Bonchev–Trinajstić information content (AvgIpc) is 2.80. The van der Waals surface area contributed by atoms with Crippen molar-refractivity contribution >= 4 is 34.9 Å². The van der Waals surface area contributed by atoms with Gasteiger partial charge < -0.3 is 14.5 Å². The number of benzene rings is 2. The molecule has 0 unspecified atom stereocenters. The molecule has 1 aliphatic rings. The van der Waals surface area contributed by atoms with Crippen LogP contribution in [-0.4, -0.2) is 48.6 Å². The van der Waals surface area contributed by atoms with Crippen LogP contribution in [-0.2, 0) is 4.79 Å². The average molecular weight is 456 g/mol. The van der Waals surface area contributed by atoms with E-state index in [1.54, 1.807) is 12.3 Å². The molecular formula is C24H23Cl2N3O2. The van der Waals surface area contributed by atoms with Crippen molar-refractivity contribution in [1.29, 1.82) is 0 Å². The van der Waals surface area contributed by atoms with Crippen molar-refractivity contribution < 1.29 is 9.53 Å². The number of piperazine rings is 1. The Kier molecular flexibility index (Phi) is 6.95. The molecule has 1 saturated heterocycles. The first kappa shape index (κ1) is 21.5. The van der Waals surface area contributed by atoms with Gasteiger partial charge in [-0.3, -0.25) is 4.79 Å². The fourth-order valence-electron chi connectivity index (χ4n) is 3.66. The summed E-state index contributed by atoms with van der Waals surface area (Å²) in [5.41, 5.74) is 2.12. The number of amides is 1. The highest BCUT2D eigenvalue weighted by molar-refractivity contribution is 6.36. The van der Waals surface area contributed by atoms with Crippen molar-refractivity contribution in [1.82, 2.24) is 9.88 Å². The third-order valence-electron chi connectivity index (χ3n) is 5.27. The molecule has 0 N–H and O–H groups in total. The number of nitrogens with zero attached hydrogens (tertiary/aromatic N) is 3. The summed E-state index contributed by atoms with van der Waals surface area (Å²) in [6, 6.07) is 19.7. The lowest BCUT2D eigenvalue weighted by Crippen LogP contribution is -2.49. The molecule has 5 nitrogen and oxygen atoms in total. The zero-order valence-electron chi connectivity index (χ0n) is 17.0. The Hall–Kier alpha value is -2.76. The molecule has 160 valence electrons. The maximum atomic E-state index is 12.7. The number of hydrogen-bond donors (Lipinski definition) is 0.